The molecule has 3 aromatic carbocycles. The minimum absolute atomic E-state index is 0.395. The molecule has 5 heteroatoms. The average molecular weight is 349 g/mol. The van der Waals surface area contributed by atoms with Crippen molar-refractivity contribution in [2.75, 3.05) is 7.11 Å². The van der Waals surface area contributed by atoms with E-state index in [0.29, 0.717) is 11.1 Å². The lowest BCUT2D eigenvalue weighted by molar-refractivity contribution is -0.146. The van der Waals surface area contributed by atoms with E-state index in [-0.39, 0.29) is 0 Å². The summed E-state index contributed by atoms with van der Waals surface area (Å²) in [7, 11) is 1.22. The molecule has 0 heterocycles. The minimum atomic E-state index is -1.24. The summed E-state index contributed by atoms with van der Waals surface area (Å²) in [5.74, 6) is -1.17. The molecule has 3 aromatic rings. The molecule has 0 aliphatic carbocycles. The van der Waals surface area contributed by atoms with Crippen molar-refractivity contribution in [3.8, 4) is 0 Å². The molecule has 2 N–H and O–H groups in total. The number of esters is 1. The van der Waals surface area contributed by atoms with Crippen LogP contribution in [-0.4, -0.2) is 30.1 Å². The second-order valence-corrected chi connectivity index (χ2v) is 5.89. The maximum atomic E-state index is 12.4. The van der Waals surface area contributed by atoms with E-state index in [9.17, 15) is 14.7 Å². The Morgan fingerprint density at radius 1 is 0.923 bits per heavy atom. The Balaban J connectivity index is 1.88. The van der Waals surface area contributed by atoms with Gasteiger partial charge in [-0.05, 0) is 34.5 Å². The summed E-state index contributed by atoms with van der Waals surface area (Å²) in [5.41, 5.74) is 0.916. The summed E-state index contributed by atoms with van der Waals surface area (Å²) in [6, 6.07) is 20.4. The summed E-state index contributed by atoms with van der Waals surface area (Å²) < 4.78 is 4.77. The molecule has 0 spiro atoms. The van der Waals surface area contributed by atoms with Gasteiger partial charge in [0.15, 0.2) is 6.04 Å². The smallest absolute Gasteiger partial charge is 0.331 e. The third kappa shape index (κ3) is 3.73. The van der Waals surface area contributed by atoms with E-state index in [1.165, 1.54) is 7.11 Å². The van der Waals surface area contributed by atoms with Crippen LogP contribution in [0.1, 0.15) is 22.0 Å². The number of hydrogen-bond donors (Lipinski definition) is 2. The van der Waals surface area contributed by atoms with Crippen molar-refractivity contribution < 1.29 is 19.4 Å². The van der Waals surface area contributed by atoms with Crippen LogP contribution < -0.4 is 5.32 Å². The number of aliphatic hydroxyl groups is 1. The van der Waals surface area contributed by atoms with Crippen molar-refractivity contribution in [3.63, 3.8) is 0 Å². The number of aliphatic hydroxyl groups excluding tert-OH is 1. The molecule has 0 bridgehead atoms. The Morgan fingerprint density at radius 2 is 1.58 bits per heavy atom. The van der Waals surface area contributed by atoms with Crippen molar-refractivity contribution >= 4 is 22.6 Å². The number of nitrogens with one attached hydrogen (secondary N) is 1. The fourth-order valence-electron chi connectivity index (χ4n) is 2.79. The van der Waals surface area contributed by atoms with Gasteiger partial charge in [-0.1, -0.05) is 54.6 Å². The van der Waals surface area contributed by atoms with E-state index in [0.717, 1.165) is 10.8 Å². The molecule has 0 aromatic heterocycles. The van der Waals surface area contributed by atoms with E-state index >= 15 is 0 Å². The highest BCUT2D eigenvalue weighted by Crippen LogP contribution is 2.23. The molecule has 132 valence electrons. The highest BCUT2D eigenvalue weighted by Gasteiger charge is 2.31. The van der Waals surface area contributed by atoms with Crippen LogP contribution in [0, 0.1) is 0 Å². The van der Waals surface area contributed by atoms with Crippen LogP contribution >= 0.6 is 0 Å². The van der Waals surface area contributed by atoms with E-state index in [1.54, 1.807) is 42.5 Å². The number of methoxy groups -OCH3 is 1. The van der Waals surface area contributed by atoms with Gasteiger partial charge in [0.05, 0.1) is 7.11 Å². The zero-order valence-electron chi connectivity index (χ0n) is 14.3. The Morgan fingerprint density at radius 3 is 2.27 bits per heavy atom. The van der Waals surface area contributed by atoms with E-state index in [2.05, 4.69) is 5.32 Å². The number of rotatable bonds is 5. The maximum absolute atomic E-state index is 12.4. The fraction of sp³-hybridized carbons (Fsp3) is 0.143. The summed E-state index contributed by atoms with van der Waals surface area (Å²) in [6.45, 7) is 0. The van der Waals surface area contributed by atoms with Crippen molar-refractivity contribution in [1.82, 2.24) is 5.32 Å². The first-order chi connectivity index (χ1) is 12.6. The molecule has 0 saturated carbocycles. The van der Waals surface area contributed by atoms with Crippen molar-refractivity contribution in [2.24, 2.45) is 0 Å². The van der Waals surface area contributed by atoms with Crippen LogP contribution in [-0.2, 0) is 9.53 Å². The molecule has 3 rings (SSSR count). The fourth-order valence-corrected chi connectivity index (χ4v) is 2.79. The predicted molar refractivity (Wildman–Crippen MR) is 98.6 cm³/mol. The van der Waals surface area contributed by atoms with Gasteiger partial charge in [-0.15, -0.1) is 0 Å². The van der Waals surface area contributed by atoms with Crippen LogP contribution in [0.3, 0.4) is 0 Å². The summed E-state index contributed by atoms with van der Waals surface area (Å²) >= 11 is 0. The van der Waals surface area contributed by atoms with Crippen LogP contribution in [0.15, 0.2) is 72.8 Å². The standard InChI is InChI=1S/C21H19NO4/c1-26-21(25)18(22-20(24)15-8-3-2-4-9-15)19(23)17-12-11-14-7-5-6-10-16(14)13-17/h2-13,18-19,23H,1H3,(H,22,24)/t18-,19-/m1/s1. The van der Waals surface area contributed by atoms with Gasteiger partial charge in [-0.3, -0.25) is 4.79 Å². The normalized spacial score (nSPS) is 13.0. The number of fused-ring (bicyclic) bond motifs is 1. The van der Waals surface area contributed by atoms with E-state index in [4.69, 9.17) is 4.74 Å². The Labute approximate surface area is 151 Å². The predicted octanol–water partition coefficient (Wildman–Crippen LogP) is 2.84. The Bertz CT molecular complexity index is 923. The molecule has 5 nitrogen and oxygen atoms in total. The molecule has 0 radical (unpaired) electrons. The maximum Gasteiger partial charge on any atom is 0.331 e. The van der Waals surface area contributed by atoms with Gasteiger partial charge in [0.1, 0.15) is 6.10 Å². The van der Waals surface area contributed by atoms with Crippen LogP contribution in [0.4, 0.5) is 0 Å². The Hall–Kier alpha value is -3.18. The minimum Gasteiger partial charge on any atom is -0.467 e. The lowest BCUT2D eigenvalue weighted by Gasteiger charge is -2.22. The molecule has 0 aliphatic heterocycles. The number of amides is 1. The SMILES string of the molecule is COC(=O)[C@H](NC(=O)c1ccccc1)[C@H](O)c1ccc2ccccc2c1. The summed E-state index contributed by atoms with van der Waals surface area (Å²) in [4.78, 5) is 24.6. The third-order valence-corrected chi connectivity index (χ3v) is 4.21. The quantitative estimate of drug-likeness (QED) is 0.695. The average Bonchev–Trinajstić information content (AvgIpc) is 2.71. The van der Waals surface area contributed by atoms with Crippen LogP contribution in [0.2, 0.25) is 0 Å². The first-order valence-corrected chi connectivity index (χ1v) is 8.20. The van der Waals surface area contributed by atoms with Gasteiger partial charge in [-0.25, -0.2) is 4.79 Å². The van der Waals surface area contributed by atoms with Crippen LogP contribution in [0.5, 0.6) is 0 Å². The first-order valence-electron chi connectivity index (χ1n) is 8.20. The topological polar surface area (TPSA) is 75.6 Å². The first kappa shape index (κ1) is 17.6. The van der Waals surface area contributed by atoms with Gasteiger partial charge in [-0.2, -0.15) is 0 Å². The molecule has 0 fully saturated rings. The third-order valence-electron chi connectivity index (χ3n) is 4.21. The number of carbonyl (C=O) groups is 2. The highest BCUT2D eigenvalue weighted by atomic mass is 16.5. The summed E-state index contributed by atoms with van der Waals surface area (Å²) in [6.07, 6.45) is -1.24. The van der Waals surface area contributed by atoms with E-state index in [1.807, 2.05) is 30.3 Å². The monoisotopic (exact) mass is 349 g/mol. The number of ether oxygens (including phenoxy) is 1. The molecule has 2 atom stereocenters. The lowest BCUT2D eigenvalue weighted by Crippen LogP contribution is -2.45. The lowest BCUT2D eigenvalue weighted by atomic mass is 9.98. The Kier molecular flexibility index (Phi) is 5.29. The number of carbonyl (C=O) groups excluding carboxylic acids is 2. The number of benzene rings is 3. The van der Waals surface area contributed by atoms with Crippen molar-refractivity contribution in [2.45, 2.75) is 12.1 Å². The molecule has 0 aliphatic rings. The molecule has 0 saturated heterocycles. The highest BCUT2D eigenvalue weighted by molar-refractivity contribution is 5.97. The zero-order valence-corrected chi connectivity index (χ0v) is 14.3. The van der Waals surface area contributed by atoms with Gasteiger partial charge in [0.2, 0.25) is 0 Å². The molecular weight excluding hydrogens is 330 g/mol. The van der Waals surface area contributed by atoms with Crippen molar-refractivity contribution in [1.29, 1.82) is 0 Å². The largest absolute Gasteiger partial charge is 0.467 e. The zero-order chi connectivity index (χ0) is 18.5. The van der Waals surface area contributed by atoms with Gasteiger partial charge in [0, 0.05) is 5.56 Å². The van der Waals surface area contributed by atoms with Gasteiger partial charge in [0.25, 0.3) is 5.91 Å². The molecular formula is C21H19NO4. The number of hydrogen-bond acceptors (Lipinski definition) is 4. The summed E-state index contributed by atoms with van der Waals surface area (Å²) in [5, 5.41) is 15.2. The molecule has 0 unspecified atom stereocenters. The van der Waals surface area contributed by atoms with Gasteiger partial charge < -0.3 is 15.2 Å². The van der Waals surface area contributed by atoms with Crippen molar-refractivity contribution in [3.05, 3.63) is 83.9 Å². The molecule has 26 heavy (non-hydrogen) atoms. The molecule has 1 amide bonds. The van der Waals surface area contributed by atoms with E-state index < -0.39 is 24.0 Å². The van der Waals surface area contributed by atoms with Gasteiger partial charge >= 0.3 is 5.97 Å². The second kappa shape index (κ2) is 7.80. The van der Waals surface area contributed by atoms with Crippen LogP contribution in [0.25, 0.3) is 10.8 Å². The second-order valence-electron chi connectivity index (χ2n) is 5.89.